The maximum atomic E-state index is 9.17. The van der Waals surface area contributed by atoms with Gasteiger partial charge < -0.3 is 13.9 Å². The van der Waals surface area contributed by atoms with Gasteiger partial charge in [-0.2, -0.15) is 18.2 Å². The van der Waals surface area contributed by atoms with Crippen molar-refractivity contribution in [3.8, 4) is 73.2 Å². The van der Waals surface area contributed by atoms with Crippen LogP contribution < -0.4 is 9.30 Å². The normalized spacial score (nSPS) is 15.9. The number of aryl methyl sites for hydroxylation is 2. The standard InChI is InChI=1S/C76H74N4O.Pt/c1-46-22-20-23-47(2)69(46)62-38-49(73(6,7)8)36-61-59-44-64-63(75(12,13)33-34-76(64,14)15)43-58(59)54-26-16-17-27-55(54)60-37-50(74(9,10)11)39-67-71(60)79(70(61)62)45-78(67)51-24-21-25-52(41-51)81-53-30-31-57-56-28-18-19-29-65(56)80(66(57)42-53)68-40-48(32-35-77-68)72(3,4)5;/h16-32,35-40,43-44H,33-34H2,1-15H3;/q-2;/i1D3,2D3;. The molecule has 1 aliphatic heterocycles. The number of benzene rings is 8. The molecule has 0 atom stereocenters. The first-order chi connectivity index (χ1) is 40.8. The average molecular weight is 1260 g/mol. The van der Waals surface area contributed by atoms with Crippen LogP contribution in [0, 0.1) is 32.2 Å². The van der Waals surface area contributed by atoms with E-state index in [1.807, 2.05) is 47.2 Å². The molecule has 0 amide bonds. The van der Waals surface area contributed by atoms with E-state index in [-0.39, 0.29) is 59.4 Å². The summed E-state index contributed by atoms with van der Waals surface area (Å²) in [4.78, 5) is 4.91. The van der Waals surface area contributed by atoms with E-state index in [1.165, 1.54) is 16.7 Å². The van der Waals surface area contributed by atoms with Crippen molar-refractivity contribution < 1.29 is 38.6 Å². The van der Waals surface area contributed by atoms with E-state index in [2.05, 4.69) is 209 Å². The quantitative estimate of drug-likeness (QED) is 0.127. The number of hydrogen-bond donors (Lipinski definition) is 0. The second-order valence-corrected chi connectivity index (χ2v) is 27.2. The van der Waals surface area contributed by atoms with Crippen LogP contribution in [0.4, 0.5) is 0 Å². The Morgan fingerprint density at radius 3 is 1.79 bits per heavy atom. The molecule has 0 spiro atoms. The molecule has 13 rings (SSSR count). The Morgan fingerprint density at radius 2 is 1.12 bits per heavy atom. The van der Waals surface area contributed by atoms with E-state index < -0.39 is 19.1 Å². The van der Waals surface area contributed by atoms with Gasteiger partial charge in [0.05, 0.1) is 16.7 Å². The zero-order valence-corrected chi connectivity index (χ0v) is 51.6. The summed E-state index contributed by atoms with van der Waals surface area (Å²) in [6.45, 7) is 23.8. The summed E-state index contributed by atoms with van der Waals surface area (Å²) in [6.07, 6.45) is 7.82. The van der Waals surface area contributed by atoms with Gasteiger partial charge in [0.15, 0.2) is 0 Å². The van der Waals surface area contributed by atoms with Gasteiger partial charge in [-0.1, -0.05) is 180 Å². The third-order valence-corrected chi connectivity index (χ3v) is 17.6. The molecule has 416 valence electrons. The Hall–Kier alpha value is -7.33. The fraction of sp³-hybridized carbons (Fsp3) is 0.289. The topological polar surface area (TPSA) is 35.9 Å². The average Bonchev–Trinajstić information content (AvgIpc) is 1.38. The van der Waals surface area contributed by atoms with Crippen molar-refractivity contribution in [1.82, 2.24) is 14.1 Å². The summed E-state index contributed by atoms with van der Waals surface area (Å²) >= 11 is 0. The number of fused-ring (bicyclic) bond motifs is 11. The minimum absolute atomic E-state index is 0. The third-order valence-electron chi connectivity index (χ3n) is 17.6. The predicted octanol–water partition coefficient (Wildman–Crippen LogP) is 19.4. The van der Waals surface area contributed by atoms with Crippen molar-refractivity contribution in [2.45, 2.75) is 144 Å². The third kappa shape index (κ3) is 9.09. The summed E-state index contributed by atoms with van der Waals surface area (Å²) < 4.78 is 68.2. The molecule has 0 fully saturated rings. The molecule has 3 aromatic heterocycles. The van der Waals surface area contributed by atoms with E-state index in [1.54, 1.807) is 18.2 Å². The zero-order valence-electron chi connectivity index (χ0n) is 55.4. The van der Waals surface area contributed by atoms with Crippen molar-refractivity contribution in [2.75, 3.05) is 0 Å². The minimum atomic E-state index is -2.69. The Bertz CT molecular complexity index is 4620. The van der Waals surface area contributed by atoms with Crippen LogP contribution in [0.2, 0.25) is 0 Å². The van der Waals surface area contributed by atoms with Crippen LogP contribution in [0.5, 0.6) is 11.5 Å². The molecule has 0 saturated carbocycles. The van der Waals surface area contributed by atoms with Gasteiger partial charge in [0.25, 0.3) is 6.33 Å². The van der Waals surface area contributed by atoms with E-state index in [0.717, 1.165) is 96.0 Å². The van der Waals surface area contributed by atoms with Crippen LogP contribution in [0.25, 0.3) is 94.5 Å². The number of aromatic nitrogens is 4. The molecule has 0 N–H and O–H groups in total. The molecule has 5 nitrogen and oxygen atoms in total. The van der Waals surface area contributed by atoms with Crippen LogP contribution in [0.1, 0.15) is 150 Å². The van der Waals surface area contributed by atoms with Gasteiger partial charge in [-0.3, -0.25) is 4.57 Å². The molecule has 8 aromatic carbocycles. The van der Waals surface area contributed by atoms with E-state index >= 15 is 0 Å². The molecule has 0 bridgehead atoms. The number of para-hydroxylation sites is 1. The summed E-state index contributed by atoms with van der Waals surface area (Å²) in [5.41, 5.74) is 15.6. The van der Waals surface area contributed by atoms with E-state index in [9.17, 15) is 0 Å². The van der Waals surface area contributed by atoms with Crippen LogP contribution in [-0.4, -0.2) is 14.1 Å². The van der Waals surface area contributed by atoms with Gasteiger partial charge in [0.2, 0.25) is 0 Å². The molecular formula is C76H74N4OPt-2. The van der Waals surface area contributed by atoms with Gasteiger partial charge in [-0.05, 0) is 178 Å². The maximum Gasteiger partial charge on any atom is 0.268 e. The van der Waals surface area contributed by atoms with Crippen molar-refractivity contribution in [3.63, 3.8) is 0 Å². The Labute approximate surface area is 508 Å². The largest absolute Gasteiger partial charge is 0.510 e. The number of rotatable bonds is 5. The fourth-order valence-electron chi connectivity index (χ4n) is 12.7. The van der Waals surface area contributed by atoms with Gasteiger partial charge >= 0.3 is 0 Å². The Morgan fingerprint density at radius 1 is 0.537 bits per heavy atom. The molecule has 0 saturated heterocycles. The predicted molar refractivity (Wildman–Crippen MR) is 336 cm³/mol. The molecular weight excluding hydrogens is 1180 g/mol. The smallest absolute Gasteiger partial charge is 0.268 e. The van der Waals surface area contributed by atoms with Crippen molar-refractivity contribution >= 4 is 32.8 Å². The van der Waals surface area contributed by atoms with Gasteiger partial charge in [-0.15, -0.1) is 29.7 Å². The molecule has 0 unspecified atom stereocenters. The maximum absolute atomic E-state index is 9.17. The second kappa shape index (κ2) is 19.4. The molecule has 0 radical (unpaired) electrons. The SMILES string of the molecule is [2H]C([2H])([2H])c1cccc(C([2H])([2H])[2H])c1-c1cc(C(C)(C)C)cc2c1-[n+]1[c-]n(-c3[c-]c(Oc4[c-]c5c(cc4)c4ccccc4n5-c4cc(C(C)(C)C)ccn4)ccc3)c3cc(C(C)(C)C)cc(c31)-c1ccccc1-c1cc3c(cc1-2)C(C)(C)CCC3(C)C.[Pt]. The number of imidazole rings is 1. The monoisotopic (exact) mass is 1260 g/mol. The Balaban J connectivity index is 0.00000754. The first kappa shape index (κ1) is 48.2. The van der Waals surface area contributed by atoms with Crippen LogP contribution >= 0.6 is 0 Å². The molecule has 2 aliphatic rings. The van der Waals surface area contributed by atoms with E-state index in [0.29, 0.717) is 28.4 Å². The zero-order chi connectivity index (χ0) is 61.9. The number of hydrogen-bond acceptors (Lipinski definition) is 2. The Kier molecular flexibility index (Phi) is 11.4. The fourth-order valence-corrected chi connectivity index (χ4v) is 12.7. The summed E-state index contributed by atoms with van der Waals surface area (Å²) in [5.74, 6) is 1.74. The number of pyridine rings is 1. The summed E-state index contributed by atoms with van der Waals surface area (Å²) in [6, 6.07) is 56.9. The molecule has 6 heteroatoms. The van der Waals surface area contributed by atoms with E-state index in [4.69, 9.17) is 17.9 Å². The van der Waals surface area contributed by atoms with Crippen LogP contribution in [-0.2, 0) is 48.1 Å². The van der Waals surface area contributed by atoms with Crippen LogP contribution in [0.3, 0.4) is 0 Å². The number of ether oxygens (including phenoxy) is 1. The van der Waals surface area contributed by atoms with Gasteiger partial charge in [0.1, 0.15) is 5.82 Å². The first-order valence-electron chi connectivity index (χ1n) is 31.6. The molecule has 4 heterocycles. The van der Waals surface area contributed by atoms with Crippen molar-refractivity contribution in [1.29, 1.82) is 0 Å². The molecule has 1 aliphatic carbocycles. The first-order valence-corrected chi connectivity index (χ1v) is 28.6. The van der Waals surface area contributed by atoms with Crippen molar-refractivity contribution in [2.24, 2.45) is 0 Å². The number of nitrogens with zero attached hydrogens (tertiary/aromatic N) is 4. The summed E-state index contributed by atoms with van der Waals surface area (Å²) in [7, 11) is 0. The minimum Gasteiger partial charge on any atom is -0.510 e. The second-order valence-electron chi connectivity index (χ2n) is 27.2. The van der Waals surface area contributed by atoms with Crippen LogP contribution in [0.15, 0.2) is 152 Å². The van der Waals surface area contributed by atoms with Crippen molar-refractivity contribution in [3.05, 3.63) is 209 Å². The van der Waals surface area contributed by atoms with Gasteiger partial charge in [0, 0.05) is 52.5 Å². The van der Waals surface area contributed by atoms with Gasteiger partial charge in [-0.25, -0.2) is 4.98 Å². The summed E-state index contributed by atoms with van der Waals surface area (Å²) in [5, 5.41) is 2.10. The molecule has 11 aromatic rings. The molecule has 82 heavy (non-hydrogen) atoms.